The molecule has 0 aliphatic heterocycles. The van der Waals surface area contributed by atoms with Gasteiger partial charge in [0, 0.05) is 13.2 Å². The van der Waals surface area contributed by atoms with Gasteiger partial charge in [0.2, 0.25) is 5.91 Å². The lowest BCUT2D eigenvalue weighted by molar-refractivity contribution is -0.122. The molecule has 0 spiro atoms. The number of ether oxygens (including phenoxy) is 1. The molecule has 4 heteroatoms. The van der Waals surface area contributed by atoms with E-state index >= 15 is 0 Å². The van der Waals surface area contributed by atoms with Crippen LogP contribution in [-0.4, -0.2) is 31.7 Å². The summed E-state index contributed by atoms with van der Waals surface area (Å²) in [5.74, 6) is -0.0819. The van der Waals surface area contributed by atoms with Crippen LogP contribution in [0.2, 0.25) is 0 Å². The van der Waals surface area contributed by atoms with Crippen molar-refractivity contribution >= 4 is 5.91 Å². The Kier molecular flexibility index (Phi) is 7.63. The summed E-state index contributed by atoms with van der Waals surface area (Å²) in [5, 5.41) is 2.71. The van der Waals surface area contributed by atoms with Crippen molar-refractivity contribution in [2.45, 2.75) is 32.7 Å². The molecule has 0 aliphatic carbocycles. The van der Waals surface area contributed by atoms with Gasteiger partial charge in [-0.2, -0.15) is 0 Å². The first kappa shape index (κ1) is 12.4. The number of rotatable bonds is 7. The molecule has 0 aromatic heterocycles. The standard InChI is InChI=1S/C9H20N2O2/c1-3-5-8(10)9(12)11-6-7-13-4-2/h8H,3-7,10H2,1-2H3,(H,11,12)/t8-/m1/s1. The molecule has 0 saturated heterocycles. The Morgan fingerprint density at radius 2 is 2.23 bits per heavy atom. The topological polar surface area (TPSA) is 64.4 Å². The van der Waals surface area contributed by atoms with Gasteiger partial charge >= 0.3 is 0 Å². The Labute approximate surface area is 79.8 Å². The smallest absolute Gasteiger partial charge is 0.236 e. The van der Waals surface area contributed by atoms with Crippen molar-refractivity contribution in [3.8, 4) is 0 Å². The molecule has 78 valence electrons. The molecule has 0 rings (SSSR count). The number of nitrogens with one attached hydrogen (secondary N) is 1. The van der Waals surface area contributed by atoms with Gasteiger partial charge in [0.15, 0.2) is 0 Å². The minimum absolute atomic E-state index is 0.0819. The number of hydrogen-bond donors (Lipinski definition) is 2. The lowest BCUT2D eigenvalue weighted by Crippen LogP contribution is -2.41. The van der Waals surface area contributed by atoms with Crippen LogP contribution in [-0.2, 0) is 9.53 Å². The van der Waals surface area contributed by atoms with Crippen LogP contribution >= 0.6 is 0 Å². The van der Waals surface area contributed by atoms with Crippen molar-refractivity contribution in [1.29, 1.82) is 0 Å². The van der Waals surface area contributed by atoms with Crippen LogP contribution in [0.4, 0.5) is 0 Å². The quantitative estimate of drug-likeness (QED) is 0.563. The Morgan fingerprint density at radius 1 is 1.54 bits per heavy atom. The first-order chi connectivity index (χ1) is 6.22. The molecular weight excluding hydrogens is 168 g/mol. The minimum Gasteiger partial charge on any atom is -0.380 e. The Hall–Kier alpha value is -0.610. The Bertz CT molecular complexity index is 140. The molecule has 0 unspecified atom stereocenters. The second kappa shape index (κ2) is 8.01. The highest BCUT2D eigenvalue weighted by Gasteiger charge is 2.10. The first-order valence-electron chi connectivity index (χ1n) is 4.83. The fraction of sp³-hybridized carbons (Fsp3) is 0.889. The third-order valence-electron chi connectivity index (χ3n) is 1.69. The summed E-state index contributed by atoms with van der Waals surface area (Å²) in [5.41, 5.74) is 5.59. The van der Waals surface area contributed by atoms with Crippen molar-refractivity contribution < 1.29 is 9.53 Å². The van der Waals surface area contributed by atoms with Gasteiger partial charge < -0.3 is 15.8 Å². The van der Waals surface area contributed by atoms with E-state index in [-0.39, 0.29) is 11.9 Å². The summed E-state index contributed by atoms with van der Waals surface area (Å²) in [4.78, 5) is 11.2. The largest absolute Gasteiger partial charge is 0.380 e. The van der Waals surface area contributed by atoms with Gasteiger partial charge in [-0.15, -0.1) is 0 Å². The van der Waals surface area contributed by atoms with Crippen LogP contribution in [0.5, 0.6) is 0 Å². The number of carbonyl (C=O) groups excluding carboxylic acids is 1. The van der Waals surface area contributed by atoms with Gasteiger partial charge in [0.05, 0.1) is 12.6 Å². The van der Waals surface area contributed by atoms with Crippen LogP contribution in [0, 0.1) is 0 Å². The fourth-order valence-electron chi connectivity index (χ4n) is 0.964. The first-order valence-corrected chi connectivity index (χ1v) is 4.83. The van der Waals surface area contributed by atoms with Crippen molar-refractivity contribution in [3.05, 3.63) is 0 Å². The van der Waals surface area contributed by atoms with E-state index in [4.69, 9.17) is 10.5 Å². The van der Waals surface area contributed by atoms with Gasteiger partial charge in [-0.05, 0) is 13.3 Å². The Balaban J connectivity index is 3.38. The van der Waals surface area contributed by atoms with E-state index in [2.05, 4.69) is 5.32 Å². The molecule has 0 saturated carbocycles. The summed E-state index contributed by atoms with van der Waals surface area (Å²) >= 11 is 0. The zero-order valence-corrected chi connectivity index (χ0v) is 8.51. The molecule has 0 fully saturated rings. The number of carbonyl (C=O) groups is 1. The highest BCUT2D eigenvalue weighted by atomic mass is 16.5. The maximum Gasteiger partial charge on any atom is 0.236 e. The summed E-state index contributed by atoms with van der Waals surface area (Å²) in [6.45, 7) is 5.71. The van der Waals surface area contributed by atoms with Gasteiger partial charge in [-0.1, -0.05) is 13.3 Å². The van der Waals surface area contributed by atoms with Gasteiger partial charge in [-0.3, -0.25) is 4.79 Å². The molecule has 1 atom stereocenters. The van der Waals surface area contributed by atoms with Crippen LogP contribution in [0.1, 0.15) is 26.7 Å². The molecule has 3 N–H and O–H groups in total. The van der Waals surface area contributed by atoms with Crippen LogP contribution in [0.25, 0.3) is 0 Å². The summed E-state index contributed by atoms with van der Waals surface area (Å²) in [6, 6.07) is -0.369. The van der Waals surface area contributed by atoms with Gasteiger partial charge in [-0.25, -0.2) is 0 Å². The van der Waals surface area contributed by atoms with Crippen molar-refractivity contribution in [2.24, 2.45) is 5.73 Å². The second-order valence-electron chi connectivity index (χ2n) is 2.88. The number of amides is 1. The molecular formula is C9H20N2O2. The van der Waals surface area contributed by atoms with E-state index in [1.54, 1.807) is 0 Å². The zero-order valence-electron chi connectivity index (χ0n) is 8.51. The average molecular weight is 188 g/mol. The Morgan fingerprint density at radius 3 is 2.77 bits per heavy atom. The predicted molar refractivity (Wildman–Crippen MR) is 52.4 cm³/mol. The zero-order chi connectivity index (χ0) is 10.1. The maximum absolute atomic E-state index is 11.2. The van der Waals surface area contributed by atoms with Crippen LogP contribution in [0.15, 0.2) is 0 Å². The van der Waals surface area contributed by atoms with E-state index in [0.717, 1.165) is 12.8 Å². The van der Waals surface area contributed by atoms with Crippen molar-refractivity contribution in [2.75, 3.05) is 19.8 Å². The highest BCUT2D eigenvalue weighted by Crippen LogP contribution is 1.92. The molecule has 0 aliphatic rings. The number of nitrogens with two attached hydrogens (primary N) is 1. The third kappa shape index (κ3) is 6.54. The summed E-state index contributed by atoms with van der Waals surface area (Å²) < 4.78 is 5.07. The molecule has 13 heavy (non-hydrogen) atoms. The molecule has 0 heterocycles. The lowest BCUT2D eigenvalue weighted by atomic mass is 10.2. The van der Waals surface area contributed by atoms with Crippen molar-refractivity contribution in [3.63, 3.8) is 0 Å². The molecule has 0 aromatic rings. The van der Waals surface area contributed by atoms with E-state index in [1.807, 2.05) is 13.8 Å². The summed E-state index contributed by atoms with van der Waals surface area (Å²) in [7, 11) is 0. The number of hydrogen-bond acceptors (Lipinski definition) is 3. The normalized spacial score (nSPS) is 12.5. The monoisotopic (exact) mass is 188 g/mol. The minimum atomic E-state index is -0.369. The average Bonchev–Trinajstić information content (AvgIpc) is 2.12. The molecule has 0 radical (unpaired) electrons. The predicted octanol–water partition coefficient (Wildman–Crippen LogP) is 0.267. The van der Waals surface area contributed by atoms with Gasteiger partial charge in [0.1, 0.15) is 0 Å². The lowest BCUT2D eigenvalue weighted by Gasteiger charge is -2.10. The molecule has 4 nitrogen and oxygen atoms in total. The van der Waals surface area contributed by atoms with Gasteiger partial charge in [0.25, 0.3) is 0 Å². The van der Waals surface area contributed by atoms with Crippen LogP contribution in [0.3, 0.4) is 0 Å². The summed E-state index contributed by atoms with van der Waals surface area (Å²) in [6.07, 6.45) is 1.67. The van der Waals surface area contributed by atoms with E-state index < -0.39 is 0 Å². The highest BCUT2D eigenvalue weighted by molar-refractivity contribution is 5.81. The maximum atomic E-state index is 11.2. The molecule has 0 aromatic carbocycles. The molecule has 1 amide bonds. The van der Waals surface area contributed by atoms with E-state index in [1.165, 1.54) is 0 Å². The van der Waals surface area contributed by atoms with E-state index in [0.29, 0.717) is 19.8 Å². The second-order valence-corrected chi connectivity index (χ2v) is 2.88. The molecule has 0 bridgehead atoms. The SMILES string of the molecule is CCC[C@@H](N)C(=O)NCCOCC. The third-order valence-corrected chi connectivity index (χ3v) is 1.69. The van der Waals surface area contributed by atoms with E-state index in [9.17, 15) is 4.79 Å². The fourth-order valence-corrected chi connectivity index (χ4v) is 0.964. The van der Waals surface area contributed by atoms with Crippen LogP contribution < -0.4 is 11.1 Å². The van der Waals surface area contributed by atoms with Crippen molar-refractivity contribution in [1.82, 2.24) is 5.32 Å².